The van der Waals surface area contributed by atoms with Gasteiger partial charge in [-0.15, -0.1) is 0 Å². The third-order valence-corrected chi connectivity index (χ3v) is 4.42. The monoisotopic (exact) mass is 339 g/mol. The van der Waals surface area contributed by atoms with Crippen molar-refractivity contribution in [3.63, 3.8) is 0 Å². The molecule has 0 radical (unpaired) electrons. The molecule has 1 saturated heterocycles. The standard InChI is InChI=1S/C13H19NO6S.Na/c1-13(2,3)20-12(15)14-7-9(10-5-4-6-19-10)11(8-14)21(16,17)18;/h4-6,9,11H,7-8H2,1-3H3,(H,16,17,18);/q;+1/p-1. The van der Waals surface area contributed by atoms with Crippen LogP contribution in [0.15, 0.2) is 22.8 Å². The number of likely N-dealkylation sites (tertiary alicyclic amines) is 1. The molecule has 2 rings (SSSR count). The van der Waals surface area contributed by atoms with E-state index in [1.165, 1.54) is 11.2 Å². The Balaban J connectivity index is 0.00000242. The van der Waals surface area contributed by atoms with Gasteiger partial charge in [-0.3, -0.25) is 0 Å². The third-order valence-electron chi connectivity index (χ3n) is 3.20. The van der Waals surface area contributed by atoms with Crippen molar-refractivity contribution in [2.24, 2.45) is 0 Å². The largest absolute Gasteiger partial charge is 1.00 e. The zero-order valence-electron chi connectivity index (χ0n) is 13.1. The quantitative estimate of drug-likeness (QED) is 0.482. The molecule has 0 N–H and O–H groups in total. The van der Waals surface area contributed by atoms with Gasteiger partial charge in [0.05, 0.1) is 17.4 Å². The summed E-state index contributed by atoms with van der Waals surface area (Å²) < 4.78 is 44.6. The average Bonchev–Trinajstić information content (AvgIpc) is 2.94. The van der Waals surface area contributed by atoms with Gasteiger partial charge in [-0.25, -0.2) is 13.2 Å². The van der Waals surface area contributed by atoms with Crippen molar-refractivity contribution < 1.29 is 56.5 Å². The van der Waals surface area contributed by atoms with Gasteiger partial charge in [-0.2, -0.15) is 0 Å². The van der Waals surface area contributed by atoms with Gasteiger partial charge < -0.3 is 18.6 Å². The molecule has 0 spiro atoms. The van der Waals surface area contributed by atoms with Crippen molar-refractivity contribution in [2.75, 3.05) is 13.1 Å². The summed E-state index contributed by atoms with van der Waals surface area (Å²) in [6.07, 6.45) is 0.769. The van der Waals surface area contributed by atoms with E-state index in [-0.39, 0.29) is 42.6 Å². The van der Waals surface area contributed by atoms with Gasteiger partial charge in [-0.05, 0) is 32.9 Å². The molecule has 1 aromatic heterocycles. The Hall–Kier alpha value is -0.540. The fraction of sp³-hybridized carbons (Fsp3) is 0.615. The first-order chi connectivity index (χ1) is 9.58. The van der Waals surface area contributed by atoms with Crippen LogP contribution < -0.4 is 29.6 Å². The van der Waals surface area contributed by atoms with Crippen LogP contribution in [-0.4, -0.2) is 47.9 Å². The third kappa shape index (κ3) is 4.73. The summed E-state index contributed by atoms with van der Waals surface area (Å²) in [5.74, 6) is -0.291. The Bertz CT molecular complexity index is 607. The molecule has 0 bridgehead atoms. The molecule has 118 valence electrons. The Morgan fingerprint density at radius 1 is 1.41 bits per heavy atom. The van der Waals surface area contributed by atoms with Crippen molar-refractivity contribution in [3.05, 3.63) is 24.2 Å². The number of rotatable bonds is 2. The smallest absolute Gasteiger partial charge is 0.748 e. The van der Waals surface area contributed by atoms with E-state index in [2.05, 4.69) is 0 Å². The molecule has 0 aliphatic carbocycles. The van der Waals surface area contributed by atoms with Crippen molar-refractivity contribution in [1.82, 2.24) is 4.90 Å². The van der Waals surface area contributed by atoms with Crippen LogP contribution in [0.25, 0.3) is 0 Å². The number of hydrogen-bond donors (Lipinski definition) is 0. The zero-order chi connectivity index (χ0) is 15.8. The number of nitrogens with zero attached hydrogens (tertiary/aromatic N) is 1. The number of carbonyl (C=O) groups excluding carboxylic acids is 1. The average molecular weight is 339 g/mol. The summed E-state index contributed by atoms with van der Waals surface area (Å²) in [5.41, 5.74) is -0.689. The van der Waals surface area contributed by atoms with Gasteiger partial charge in [0.25, 0.3) is 0 Å². The minimum Gasteiger partial charge on any atom is -0.748 e. The van der Waals surface area contributed by atoms with Gasteiger partial charge in [0.15, 0.2) is 0 Å². The molecule has 1 aliphatic rings. The summed E-state index contributed by atoms with van der Waals surface area (Å²) >= 11 is 0. The maximum absolute atomic E-state index is 12.0. The minimum absolute atomic E-state index is 0. The first kappa shape index (κ1) is 19.5. The van der Waals surface area contributed by atoms with Crippen molar-refractivity contribution in [3.8, 4) is 0 Å². The van der Waals surface area contributed by atoms with Crippen LogP contribution in [0.3, 0.4) is 0 Å². The maximum Gasteiger partial charge on any atom is 1.00 e. The first-order valence-electron chi connectivity index (χ1n) is 6.54. The molecular weight excluding hydrogens is 321 g/mol. The predicted octanol–water partition coefficient (Wildman–Crippen LogP) is -1.47. The van der Waals surface area contributed by atoms with E-state index in [4.69, 9.17) is 9.15 Å². The second kappa shape index (κ2) is 6.92. The second-order valence-electron chi connectivity index (χ2n) is 6.04. The van der Waals surface area contributed by atoms with Crippen LogP contribution in [0.5, 0.6) is 0 Å². The van der Waals surface area contributed by atoms with E-state index in [0.29, 0.717) is 5.76 Å². The van der Waals surface area contributed by atoms with Crippen molar-refractivity contribution in [1.29, 1.82) is 0 Å². The predicted molar refractivity (Wildman–Crippen MR) is 72.7 cm³/mol. The van der Waals surface area contributed by atoms with E-state index in [0.717, 1.165) is 0 Å². The van der Waals surface area contributed by atoms with E-state index < -0.39 is 33.0 Å². The van der Waals surface area contributed by atoms with Gasteiger partial charge in [0.2, 0.25) is 0 Å². The molecule has 1 aromatic rings. The molecule has 9 heteroatoms. The molecule has 0 saturated carbocycles. The number of amides is 1. The van der Waals surface area contributed by atoms with Crippen molar-refractivity contribution >= 4 is 16.2 Å². The van der Waals surface area contributed by atoms with Crippen LogP contribution in [0.4, 0.5) is 4.79 Å². The SMILES string of the molecule is CC(C)(C)OC(=O)N1CC(c2ccco2)C(S(=O)(=O)[O-])C1.[Na+]. The Morgan fingerprint density at radius 2 is 2.05 bits per heavy atom. The van der Waals surface area contributed by atoms with Crippen LogP contribution in [0.1, 0.15) is 32.4 Å². The molecule has 2 unspecified atom stereocenters. The normalized spacial score (nSPS) is 22.3. The Morgan fingerprint density at radius 3 is 2.50 bits per heavy atom. The maximum atomic E-state index is 12.0. The van der Waals surface area contributed by atoms with Crippen molar-refractivity contribution in [2.45, 2.75) is 37.5 Å². The number of carbonyl (C=O) groups is 1. The fourth-order valence-electron chi connectivity index (χ4n) is 2.32. The fourth-order valence-corrected chi connectivity index (χ4v) is 3.30. The first-order valence-corrected chi connectivity index (χ1v) is 8.01. The number of ether oxygens (including phenoxy) is 1. The molecule has 2 heterocycles. The summed E-state index contributed by atoms with van der Waals surface area (Å²) in [6, 6.07) is 3.21. The minimum atomic E-state index is -4.55. The summed E-state index contributed by atoms with van der Waals surface area (Å²) in [6.45, 7) is 5.03. The molecule has 22 heavy (non-hydrogen) atoms. The summed E-state index contributed by atoms with van der Waals surface area (Å²) in [4.78, 5) is 13.3. The van der Waals surface area contributed by atoms with E-state index in [1.54, 1.807) is 32.9 Å². The van der Waals surface area contributed by atoms with E-state index in [1.807, 2.05) is 0 Å². The van der Waals surface area contributed by atoms with Crippen LogP contribution >= 0.6 is 0 Å². The van der Waals surface area contributed by atoms with E-state index in [9.17, 15) is 17.8 Å². The van der Waals surface area contributed by atoms with Gasteiger partial charge in [0, 0.05) is 13.1 Å². The summed E-state index contributed by atoms with van der Waals surface area (Å²) in [7, 11) is -4.55. The van der Waals surface area contributed by atoms with Gasteiger partial charge >= 0.3 is 35.7 Å². The van der Waals surface area contributed by atoms with Crippen LogP contribution in [0, 0.1) is 0 Å². The number of furan rings is 1. The molecule has 7 nitrogen and oxygen atoms in total. The molecule has 1 fully saturated rings. The topological polar surface area (TPSA) is 99.9 Å². The zero-order valence-corrected chi connectivity index (χ0v) is 15.9. The molecule has 2 atom stereocenters. The van der Waals surface area contributed by atoms with Crippen LogP contribution in [0.2, 0.25) is 0 Å². The molecule has 0 aromatic carbocycles. The van der Waals surface area contributed by atoms with E-state index >= 15 is 0 Å². The second-order valence-corrected chi connectivity index (χ2v) is 7.63. The summed E-state index contributed by atoms with van der Waals surface area (Å²) in [5, 5.41) is -1.23. The molecular formula is C13H18NNaO6S. The molecule has 1 aliphatic heterocycles. The van der Waals surface area contributed by atoms with Crippen LogP contribution in [-0.2, 0) is 14.9 Å². The molecule has 1 amide bonds. The van der Waals surface area contributed by atoms with Gasteiger partial charge in [-0.1, -0.05) is 0 Å². The van der Waals surface area contributed by atoms with Gasteiger partial charge in [0.1, 0.15) is 21.5 Å². The Kier molecular flexibility index (Phi) is 6.14. The number of hydrogen-bond acceptors (Lipinski definition) is 6. The Labute approximate surface area is 152 Å².